The number of aliphatic carboxylic acids is 1. The van der Waals surface area contributed by atoms with Crippen molar-refractivity contribution in [1.29, 1.82) is 0 Å². The number of carboxylic acids is 1. The molecule has 22 heavy (non-hydrogen) atoms. The average molecular weight is 306 g/mol. The topological polar surface area (TPSA) is 77.9 Å². The Balaban J connectivity index is 2.69. The number of benzene rings is 1. The van der Waals surface area contributed by atoms with Gasteiger partial charge in [0.2, 0.25) is 11.8 Å². The van der Waals surface area contributed by atoms with Crippen molar-refractivity contribution in [3.63, 3.8) is 0 Å². The standard InChI is InChI=1S/C16H22N2O4/c1-13(19)17(2)12-15(20)18(10-6-9-16(21)22)11-14-7-4-3-5-8-14/h3-5,7-8H,6,9-12H2,1-2H3,(H,21,22). The molecule has 0 saturated heterocycles. The fourth-order valence-electron chi connectivity index (χ4n) is 1.93. The van der Waals surface area contributed by atoms with Gasteiger partial charge in [0.15, 0.2) is 0 Å². The lowest BCUT2D eigenvalue weighted by Crippen LogP contribution is -2.40. The number of rotatable bonds is 8. The SMILES string of the molecule is CC(=O)N(C)CC(=O)N(CCCC(=O)O)Cc1ccccc1. The number of likely N-dealkylation sites (N-methyl/N-ethyl adjacent to an activating group) is 1. The molecule has 1 aromatic carbocycles. The van der Waals surface area contributed by atoms with Crippen molar-refractivity contribution in [2.75, 3.05) is 20.1 Å². The Labute approximate surface area is 130 Å². The van der Waals surface area contributed by atoms with E-state index in [1.807, 2.05) is 30.3 Å². The molecule has 1 aromatic rings. The van der Waals surface area contributed by atoms with E-state index in [-0.39, 0.29) is 24.8 Å². The summed E-state index contributed by atoms with van der Waals surface area (Å²) in [7, 11) is 1.57. The molecule has 120 valence electrons. The van der Waals surface area contributed by atoms with Crippen LogP contribution in [0.1, 0.15) is 25.3 Å². The Bertz CT molecular complexity index is 516. The molecule has 0 aliphatic carbocycles. The van der Waals surface area contributed by atoms with Gasteiger partial charge in [0.05, 0.1) is 6.54 Å². The van der Waals surface area contributed by atoms with Gasteiger partial charge in [-0.05, 0) is 12.0 Å². The van der Waals surface area contributed by atoms with E-state index >= 15 is 0 Å². The molecular weight excluding hydrogens is 284 g/mol. The van der Waals surface area contributed by atoms with Crippen LogP contribution in [-0.4, -0.2) is 52.8 Å². The van der Waals surface area contributed by atoms with Crippen LogP contribution in [0, 0.1) is 0 Å². The van der Waals surface area contributed by atoms with Crippen molar-refractivity contribution < 1.29 is 19.5 Å². The molecule has 1 rings (SSSR count). The van der Waals surface area contributed by atoms with Gasteiger partial charge >= 0.3 is 5.97 Å². The Hall–Kier alpha value is -2.37. The molecule has 6 heteroatoms. The van der Waals surface area contributed by atoms with Gasteiger partial charge in [-0.1, -0.05) is 30.3 Å². The Morgan fingerprint density at radius 2 is 1.77 bits per heavy atom. The summed E-state index contributed by atoms with van der Waals surface area (Å²) in [5.74, 6) is -1.25. The summed E-state index contributed by atoms with van der Waals surface area (Å²) in [4.78, 5) is 37.1. The van der Waals surface area contributed by atoms with E-state index in [9.17, 15) is 14.4 Å². The van der Waals surface area contributed by atoms with Crippen LogP contribution in [0.15, 0.2) is 30.3 Å². The number of amides is 2. The zero-order chi connectivity index (χ0) is 16.5. The summed E-state index contributed by atoms with van der Waals surface area (Å²) in [5.41, 5.74) is 0.969. The summed E-state index contributed by atoms with van der Waals surface area (Å²) >= 11 is 0. The lowest BCUT2D eigenvalue weighted by molar-refractivity contribution is -0.140. The van der Waals surface area contributed by atoms with E-state index in [1.165, 1.54) is 11.8 Å². The highest BCUT2D eigenvalue weighted by Gasteiger charge is 2.17. The summed E-state index contributed by atoms with van der Waals surface area (Å²) < 4.78 is 0. The van der Waals surface area contributed by atoms with Crippen LogP contribution in [-0.2, 0) is 20.9 Å². The molecule has 0 heterocycles. The quantitative estimate of drug-likeness (QED) is 0.786. The van der Waals surface area contributed by atoms with E-state index in [0.29, 0.717) is 19.5 Å². The maximum atomic E-state index is 12.3. The second kappa shape index (κ2) is 8.81. The van der Waals surface area contributed by atoms with Crippen molar-refractivity contribution in [3.8, 4) is 0 Å². The monoisotopic (exact) mass is 306 g/mol. The molecule has 0 bridgehead atoms. The van der Waals surface area contributed by atoms with Crippen LogP contribution < -0.4 is 0 Å². The van der Waals surface area contributed by atoms with Crippen molar-refractivity contribution in [1.82, 2.24) is 9.80 Å². The first-order valence-corrected chi connectivity index (χ1v) is 7.15. The highest BCUT2D eigenvalue weighted by atomic mass is 16.4. The van der Waals surface area contributed by atoms with E-state index < -0.39 is 5.97 Å². The maximum Gasteiger partial charge on any atom is 0.303 e. The maximum absolute atomic E-state index is 12.3. The van der Waals surface area contributed by atoms with Crippen molar-refractivity contribution in [3.05, 3.63) is 35.9 Å². The molecule has 0 saturated carbocycles. The summed E-state index contributed by atoms with van der Waals surface area (Å²) in [5, 5.41) is 8.72. The van der Waals surface area contributed by atoms with Gasteiger partial charge in [-0.3, -0.25) is 14.4 Å². The second-order valence-electron chi connectivity index (χ2n) is 5.17. The number of carboxylic acid groups (broad SMARTS) is 1. The van der Waals surface area contributed by atoms with Gasteiger partial charge in [-0.15, -0.1) is 0 Å². The van der Waals surface area contributed by atoms with Crippen LogP contribution >= 0.6 is 0 Å². The molecule has 0 aliphatic rings. The van der Waals surface area contributed by atoms with Crippen LogP contribution in [0.3, 0.4) is 0 Å². The summed E-state index contributed by atoms with van der Waals surface area (Å²) in [6.07, 6.45) is 0.402. The normalized spacial score (nSPS) is 10.1. The fourth-order valence-corrected chi connectivity index (χ4v) is 1.93. The molecule has 0 spiro atoms. The van der Waals surface area contributed by atoms with Crippen LogP contribution in [0.5, 0.6) is 0 Å². The third kappa shape index (κ3) is 6.39. The Morgan fingerprint density at radius 1 is 1.14 bits per heavy atom. The third-order valence-corrected chi connectivity index (χ3v) is 3.30. The van der Waals surface area contributed by atoms with E-state index in [1.54, 1.807) is 11.9 Å². The Morgan fingerprint density at radius 3 is 2.32 bits per heavy atom. The molecule has 6 nitrogen and oxygen atoms in total. The van der Waals surface area contributed by atoms with Crippen molar-refractivity contribution in [2.45, 2.75) is 26.3 Å². The van der Waals surface area contributed by atoms with Gasteiger partial charge in [0, 0.05) is 33.5 Å². The molecule has 2 amide bonds. The lowest BCUT2D eigenvalue weighted by atomic mass is 10.2. The zero-order valence-electron chi connectivity index (χ0n) is 13.0. The molecular formula is C16H22N2O4. The highest BCUT2D eigenvalue weighted by molar-refractivity contribution is 5.83. The first kappa shape index (κ1) is 17.7. The largest absolute Gasteiger partial charge is 0.481 e. The number of hydrogen-bond acceptors (Lipinski definition) is 3. The summed E-state index contributed by atoms with van der Waals surface area (Å²) in [6.45, 7) is 2.16. The van der Waals surface area contributed by atoms with Gasteiger partial charge in [0.25, 0.3) is 0 Å². The van der Waals surface area contributed by atoms with Crippen LogP contribution in [0.4, 0.5) is 0 Å². The van der Waals surface area contributed by atoms with E-state index in [0.717, 1.165) is 5.56 Å². The second-order valence-corrected chi connectivity index (χ2v) is 5.17. The average Bonchev–Trinajstić information content (AvgIpc) is 2.46. The highest BCUT2D eigenvalue weighted by Crippen LogP contribution is 2.07. The minimum atomic E-state index is -0.882. The van der Waals surface area contributed by atoms with Crippen LogP contribution in [0.2, 0.25) is 0 Å². The minimum Gasteiger partial charge on any atom is -0.481 e. The molecule has 0 unspecified atom stereocenters. The number of nitrogens with zero attached hydrogens (tertiary/aromatic N) is 2. The number of carbonyl (C=O) groups excluding carboxylic acids is 2. The zero-order valence-corrected chi connectivity index (χ0v) is 13.0. The number of carbonyl (C=O) groups is 3. The van der Waals surface area contributed by atoms with Gasteiger partial charge in [0.1, 0.15) is 0 Å². The molecule has 1 N–H and O–H groups in total. The van der Waals surface area contributed by atoms with Crippen LogP contribution in [0.25, 0.3) is 0 Å². The molecule has 0 atom stereocenters. The predicted molar refractivity (Wildman–Crippen MR) is 82.0 cm³/mol. The predicted octanol–water partition coefficient (Wildman–Crippen LogP) is 1.36. The fraction of sp³-hybridized carbons (Fsp3) is 0.438. The van der Waals surface area contributed by atoms with Gasteiger partial charge in [-0.2, -0.15) is 0 Å². The van der Waals surface area contributed by atoms with Gasteiger partial charge in [-0.25, -0.2) is 0 Å². The Kier molecular flexibility index (Phi) is 7.08. The molecule has 0 aliphatic heterocycles. The number of hydrogen-bond donors (Lipinski definition) is 1. The molecule has 0 fully saturated rings. The van der Waals surface area contributed by atoms with E-state index in [2.05, 4.69) is 0 Å². The van der Waals surface area contributed by atoms with E-state index in [4.69, 9.17) is 5.11 Å². The molecule has 0 aromatic heterocycles. The van der Waals surface area contributed by atoms with Crippen molar-refractivity contribution in [2.24, 2.45) is 0 Å². The third-order valence-electron chi connectivity index (χ3n) is 3.30. The first-order valence-electron chi connectivity index (χ1n) is 7.15. The smallest absolute Gasteiger partial charge is 0.303 e. The molecule has 0 radical (unpaired) electrons. The van der Waals surface area contributed by atoms with Crippen molar-refractivity contribution >= 4 is 17.8 Å². The van der Waals surface area contributed by atoms with Gasteiger partial charge < -0.3 is 14.9 Å². The minimum absolute atomic E-state index is 0.00472. The summed E-state index contributed by atoms with van der Waals surface area (Å²) in [6, 6.07) is 9.48. The first-order chi connectivity index (χ1) is 10.4. The lowest BCUT2D eigenvalue weighted by Gasteiger charge is -2.25.